The smallest absolute Gasteiger partial charge is 0.257 e. The van der Waals surface area contributed by atoms with Crippen molar-refractivity contribution in [3.63, 3.8) is 0 Å². The van der Waals surface area contributed by atoms with Gasteiger partial charge in [0.25, 0.3) is 5.91 Å². The molecule has 0 atom stereocenters. The Hall–Kier alpha value is -2.85. The van der Waals surface area contributed by atoms with E-state index < -0.39 is 15.9 Å². The van der Waals surface area contributed by atoms with Gasteiger partial charge in [-0.15, -0.1) is 5.10 Å². The maximum atomic E-state index is 12.7. The van der Waals surface area contributed by atoms with Gasteiger partial charge in [0.2, 0.25) is 15.9 Å². The zero-order chi connectivity index (χ0) is 20.3. The molecule has 1 amide bonds. The van der Waals surface area contributed by atoms with Gasteiger partial charge in [-0.25, -0.2) is 13.4 Å². The summed E-state index contributed by atoms with van der Waals surface area (Å²) in [5, 5.41) is 10.2. The Morgan fingerprint density at radius 1 is 1.29 bits per heavy atom. The SMILES string of the molecule is CCCS(=O)(=O)Nc1ccc(Cl)c(C(=O)Nc2cnc3[nH]nc(OC)c3c2)c1. The van der Waals surface area contributed by atoms with E-state index in [9.17, 15) is 13.2 Å². The number of fused-ring (bicyclic) bond motifs is 1. The molecule has 0 spiro atoms. The molecule has 9 nitrogen and oxygen atoms in total. The number of aromatic amines is 1. The van der Waals surface area contributed by atoms with Crippen LogP contribution in [0.15, 0.2) is 30.5 Å². The van der Waals surface area contributed by atoms with Crippen molar-refractivity contribution in [3.05, 3.63) is 41.0 Å². The molecule has 2 heterocycles. The summed E-state index contributed by atoms with van der Waals surface area (Å²) < 4.78 is 31.5. The van der Waals surface area contributed by atoms with E-state index in [1.807, 2.05) is 0 Å². The largest absolute Gasteiger partial charge is 0.479 e. The molecule has 0 aliphatic rings. The van der Waals surface area contributed by atoms with Crippen LogP contribution in [0.5, 0.6) is 5.88 Å². The molecule has 0 aliphatic heterocycles. The van der Waals surface area contributed by atoms with Crippen LogP contribution < -0.4 is 14.8 Å². The van der Waals surface area contributed by atoms with E-state index in [4.69, 9.17) is 16.3 Å². The molecule has 1 aromatic carbocycles. The zero-order valence-electron chi connectivity index (χ0n) is 15.1. The zero-order valence-corrected chi connectivity index (χ0v) is 16.7. The molecular weight excluding hydrogens is 406 g/mol. The highest BCUT2D eigenvalue weighted by atomic mass is 35.5. The Morgan fingerprint density at radius 3 is 2.79 bits per heavy atom. The number of H-pyrrole nitrogens is 1. The maximum absolute atomic E-state index is 12.7. The number of rotatable bonds is 7. The van der Waals surface area contributed by atoms with Crippen molar-refractivity contribution in [3.8, 4) is 5.88 Å². The fourth-order valence-corrected chi connectivity index (χ4v) is 3.89. The summed E-state index contributed by atoms with van der Waals surface area (Å²) in [6.45, 7) is 1.76. The van der Waals surface area contributed by atoms with Gasteiger partial charge in [-0.2, -0.15) is 0 Å². The average molecular weight is 424 g/mol. The number of pyridine rings is 1. The number of carbonyl (C=O) groups excluding carboxylic acids is 1. The topological polar surface area (TPSA) is 126 Å². The van der Waals surface area contributed by atoms with Crippen LogP contribution in [0.25, 0.3) is 11.0 Å². The number of nitrogens with zero attached hydrogens (tertiary/aromatic N) is 2. The number of halogens is 1. The minimum atomic E-state index is -3.48. The third-order valence-corrected chi connectivity index (χ3v) is 5.61. The minimum Gasteiger partial charge on any atom is -0.479 e. The summed E-state index contributed by atoms with van der Waals surface area (Å²) >= 11 is 6.13. The molecule has 3 N–H and O–H groups in total. The first kappa shape index (κ1) is 19.9. The Bertz CT molecular complexity index is 1130. The molecular formula is C17H18ClN5O4S. The van der Waals surface area contributed by atoms with Gasteiger partial charge >= 0.3 is 0 Å². The van der Waals surface area contributed by atoms with E-state index in [1.54, 1.807) is 13.0 Å². The second-order valence-electron chi connectivity index (χ2n) is 5.92. The van der Waals surface area contributed by atoms with Crippen LogP contribution in [-0.2, 0) is 10.0 Å². The molecule has 0 saturated heterocycles. The van der Waals surface area contributed by atoms with E-state index >= 15 is 0 Å². The van der Waals surface area contributed by atoms with Gasteiger partial charge < -0.3 is 10.1 Å². The minimum absolute atomic E-state index is 0.0185. The van der Waals surface area contributed by atoms with Gasteiger partial charge in [-0.1, -0.05) is 18.5 Å². The standard InChI is InChI=1S/C17H18ClN5O4S/c1-3-6-28(25,26)23-10-4-5-14(18)12(7-10)16(24)20-11-8-13-15(19-9-11)21-22-17(13)27-2/h4-5,7-9,23H,3,6H2,1-2H3,(H,20,24)(H,19,21,22). The molecule has 28 heavy (non-hydrogen) atoms. The van der Waals surface area contributed by atoms with Crippen molar-refractivity contribution >= 4 is 49.9 Å². The van der Waals surface area contributed by atoms with Crippen molar-refractivity contribution in [2.24, 2.45) is 0 Å². The summed E-state index contributed by atoms with van der Waals surface area (Å²) in [4.78, 5) is 16.8. The normalized spacial score (nSPS) is 11.4. The van der Waals surface area contributed by atoms with Gasteiger partial charge in [0.15, 0.2) is 5.65 Å². The first-order valence-electron chi connectivity index (χ1n) is 8.32. The van der Waals surface area contributed by atoms with E-state index in [0.717, 1.165) is 0 Å². The van der Waals surface area contributed by atoms with Gasteiger partial charge in [0, 0.05) is 5.69 Å². The molecule has 3 rings (SSSR count). The highest BCUT2D eigenvalue weighted by molar-refractivity contribution is 7.92. The summed E-state index contributed by atoms with van der Waals surface area (Å²) in [6.07, 6.45) is 1.93. The number of aromatic nitrogens is 3. The number of benzene rings is 1. The Labute approximate surface area is 166 Å². The number of amides is 1. The van der Waals surface area contributed by atoms with Gasteiger partial charge in [-0.05, 0) is 30.7 Å². The average Bonchev–Trinajstić information content (AvgIpc) is 3.05. The molecule has 0 fully saturated rings. The van der Waals surface area contributed by atoms with Crippen molar-refractivity contribution < 1.29 is 17.9 Å². The molecule has 0 unspecified atom stereocenters. The van der Waals surface area contributed by atoms with Crippen LogP contribution in [0.4, 0.5) is 11.4 Å². The summed E-state index contributed by atoms with van der Waals surface area (Å²) in [7, 11) is -2.01. The van der Waals surface area contributed by atoms with Crippen LogP contribution >= 0.6 is 11.6 Å². The Kier molecular flexibility index (Phi) is 5.71. The molecule has 11 heteroatoms. The maximum Gasteiger partial charge on any atom is 0.257 e. The van der Waals surface area contributed by atoms with Crippen LogP contribution in [0, 0.1) is 0 Å². The Balaban J connectivity index is 1.85. The predicted octanol–water partition coefficient (Wildman–Crippen LogP) is 3.02. The molecule has 0 aliphatic carbocycles. The number of carbonyl (C=O) groups is 1. The number of hydrogen-bond acceptors (Lipinski definition) is 6. The molecule has 0 saturated carbocycles. The number of methoxy groups -OCH3 is 1. The predicted molar refractivity (Wildman–Crippen MR) is 108 cm³/mol. The van der Waals surface area contributed by atoms with E-state index in [2.05, 4.69) is 25.2 Å². The van der Waals surface area contributed by atoms with Crippen LogP contribution in [0.2, 0.25) is 5.02 Å². The fraction of sp³-hybridized carbons (Fsp3) is 0.235. The number of nitrogens with one attached hydrogen (secondary N) is 3. The summed E-state index contributed by atoms with van der Waals surface area (Å²) in [5.74, 6) is -0.177. The lowest BCUT2D eigenvalue weighted by Gasteiger charge is -2.11. The second-order valence-corrected chi connectivity index (χ2v) is 8.17. The number of ether oxygens (including phenoxy) is 1. The number of hydrogen-bond donors (Lipinski definition) is 3. The molecule has 0 radical (unpaired) electrons. The van der Waals surface area contributed by atoms with Crippen molar-refractivity contribution in [1.82, 2.24) is 15.2 Å². The molecule has 2 aromatic heterocycles. The van der Waals surface area contributed by atoms with Crippen molar-refractivity contribution in [2.75, 3.05) is 22.9 Å². The summed E-state index contributed by atoms with van der Waals surface area (Å²) in [6, 6.07) is 6.00. The van der Waals surface area contributed by atoms with E-state index in [1.165, 1.54) is 31.5 Å². The highest BCUT2D eigenvalue weighted by Crippen LogP contribution is 2.26. The molecule has 148 valence electrons. The highest BCUT2D eigenvalue weighted by Gasteiger charge is 2.16. The second kappa shape index (κ2) is 8.03. The third-order valence-electron chi connectivity index (χ3n) is 3.79. The van der Waals surface area contributed by atoms with Gasteiger partial charge in [0.1, 0.15) is 0 Å². The lowest BCUT2D eigenvalue weighted by atomic mass is 10.2. The number of anilines is 2. The lowest BCUT2D eigenvalue weighted by molar-refractivity contribution is 0.102. The van der Waals surface area contributed by atoms with E-state index in [0.29, 0.717) is 29.0 Å². The van der Waals surface area contributed by atoms with Crippen LogP contribution in [0.3, 0.4) is 0 Å². The molecule has 3 aromatic rings. The van der Waals surface area contributed by atoms with Gasteiger partial charge in [0.05, 0.1) is 40.7 Å². The van der Waals surface area contributed by atoms with Crippen molar-refractivity contribution in [1.29, 1.82) is 0 Å². The third kappa shape index (κ3) is 4.34. The number of sulfonamides is 1. The first-order chi connectivity index (χ1) is 13.3. The van der Waals surface area contributed by atoms with Crippen molar-refractivity contribution in [2.45, 2.75) is 13.3 Å². The van der Waals surface area contributed by atoms with Gasteiger partial charge in [-0.3, -0.25) is 14.6 Å². The summed E-state index contributed by atoms with van der Waals surface area (Å²) in [5.41, 5.74) is 1.30. The Morgan fingerprint density at radius 2 is 2.07 bits per heavy atom. The quantitative estimate of drug-likeness (QED) is 0.536. The van der Waals surface area contributed by atoms with Crippen LogP contribution in [-0.4, -0.2) is 42.4 Å². The first-order valence-corrected chi connectivity index (χ1v) is 10.4. The lowest BCUT2D eigenvalue weighted by Crippen LogP contribution is -2.17. The van der Waals surface area contributed by atoms with E-state index in [-0.39, 0.29) is 22.0 Å². The van der Waals surface area contributed by atoms with Crippen LogP contribution in [0.1, 0.15) is 23.7 Å². The molecule has 0 bridgehead atoms. The fourth-order valence-electron chi connectivity index (χ4n) is 2.57. The monoisotopic (exact) mass is 423 g/mol.